The van der Waals surface area contributed by atoms with Crippen LogP contribution in [0.15, 0.2) is 29.2 Å². The molecule has 0 saturated carbocycles. The summed E-state index contributed by atoms with van der Waals surface area (Å²) in [6.45, 7) is 6.58. The summed E-state index contributed by atoms with van der Waals surface area (Å²) in [5, 5.41) is 8.92. The lowest BCUT2D eigenvalue weighted by Crippen LogP contribution is -2.59. The molecule has 1 amide bonds. The summed E-state index contributed by atoms with van der Waals surface area (Å²) >= 11 is 0. The Hall–Kier alpha value is -1.68. The van der Waals surface area contributed by atoms with Gasteiger partial charge in [0.1, 0.15) is 17.4 Å². The smallest absolute Gasteiger partial charge is 0.263 e. The zero-order valence-corrected chi connectivity index (χ0v) is 15.7. The van der Waals surface area contributed by atoms with Gasteiger partial charge >= 0.3 is 0 Å². The highest BCUT2D eigenvalue weighted by molar-refractivity contribution is 7.89. The van der Waals surface area contributed by atoms with Crippen molar-refractivity contribution in [2.45, 2.75) is 37.3 Å². The topological polar surface area (TPSA) is 99.2 Å². The van der Waals surface area contributed by atoms with E-state index < -0.39 is 22.0 Å². The second-order valence-corrected chi connectivity index (χ2v) is 8.95. The molecule has 1 aliphatic heterocycles. The lowest BCUT2D eigenvalue weighted by Gasteiger charge is -2.37. The van der Waals surface area contributed by atoms with Gasteiger partial charge in [-0.25, -0.2) is 13.9 Å². The van der Waals surface area contributed by atoms with Crippen molar-refractivity contribution in [3.8, 4) is 5.75 Å². The van der Waals surface area contributed by atoms with E-state index in [1.807, 2.05) is 25.7 Å². The van der Waals surface area contributed by atoms with Crippen LogP contribution in [0.4, 0.5) is 0 Å². The second-order valence-electron chi connectivity index (χ2n) is 7.06. The fourth-order valence-corrected chi connectivity index (χ4v) is 4.22. The number of benzene rings is 1. The number of hydrogen-bond donors (Lipinski definition) is 2. The molecule has 0 spiro atoms. The van der Waals surface area contributed by atoms with Gasteiger partial charge in [0.2, 0.25) is 10.0 Å². The quantitative estimate of drug-likeness (QED) is 0.596. The number of nitrogens with zero attached hydrogens (tertiary/aromatic N) is 2. The Labute approximate surface area is 148 Å². The number of hydrogen-bond acceptors (Lipinski definition) is 6. The fourth-order valence-electron chi connectivity index (χ4n) is 2.65. The van der Waals surface area contributed by atoms with Crippen molar-refractivity contribution in [3.63, 3.8) is 0 Å². The molecule has 0 bridgehead atoms. The number of likely N-dealkylation sites (N-methyl/N-ethyl adjacent to an activating group) is 1. The average molecular weight is 371 g/mol. The Balaban J connectivity index is 2.28. The van der Waals surface area contributed by atoms with Crippen LogP contribution in [0.3, 0.4) is 0 Å². The van der Waals surface area contributed by atoms with E-state index in [9.17, 15) is 13.2 Å². The number of ether oxygens (including phenoxy) is 1. The lowest BCUT2D eigenvalue weighted by atomic mass is 10.2. The molecule has 0 aromatic heterocycles. The van der Waals surface area contributed by atoms with Gasteiger partial charge < -0.3 is 9.64 Å². The molecule has 1 saturated heterocycles. The van der Waals surface area contributed by atoms with Crippen molar-refractivity contribution in [3.05, 3.63) is 24.3 Å². The summed E-state index contributed by atoms with van der Waals surface area (Å²) in [6, 6.07) is 5.12. The predicted octanol–water partition coefficient (Wildman–Crippen LogP) is 0.674. The number of amides is 1. The Bertz CT molecular complexity index is 712. The molecule has 1 fully saturated rings. The normalized spacial score (nSPS) is 20.3. The van der Waals surface area contributed by atoms with Gasteiger partial charge in [-0.15, -0.1) is 0 Å². The maximum Gasteiger partial charge on any atom is 0.263 e. The summed E-state index contributed by atoms with van der Waals surface area (Å²) in [7, 11) is -2.08. The van der Waals surface area contributed by atoms with Crippen molar-refractivity contribution in [1.29, 1.82) is 0 Å². The monoisotopic (exact) mass is 371 g/mol. The van der Waals surface area contributed by atoms with Gasteiger partial charge in [-0.3, -0.25) is 10.0 Å². The standard InChI is InChI=1S/C16H25N3O5S/c1-16(2,3)24-12-5-7-13(8-6-12)25(22,23)19-10-9-18(4)11-14(19)15(20)17-21/h5-8,14,21H,9-11H2,1-4H3,(H,17,20). The summed E-state index contributed by atoms with van der Waals surface area (Å²) in [4.78, 5) is 13.8. The third-order valence-electron chi connectivity index (χ3n) is 3.80. The molecule has 1 aromatic carbocycles. The predicted molar refractivity (Wildman–Crippen MR) is 91.9 cm³/mol. The number of carbonyl (C=O) groups is 1. The van der Waals surface area contributed by atoms with E-state index in [-0.39, 0.29) is 23.6 Å². The van der Waals surface area contributed by atoms with E-state index in [2.05, 4.69) is 0 Å². The summed E-state index contributed by atoms with van der Waals surface area (Å²) in [5.41, 5.74) is 1.17. The van der Waals surface area contributed by atoms with Crippen LogP contribution in [0, 0.1) is 0 Å². The van der Waals surface area contributed by atoms with Crippen LogP contribution in [0.1, 0.15) is 20.8 Å². The van der Waals surface area contributed by atoms with Gasteiger partial charge in [0.15, 0.2) is 0 Å². The Morgan fingerprint density at radius 2 is 1.84 bits per heavy atom. The first-order chi connectivity index (χ1) is 11.5. The zero-order chi connectivity index (χ0) is 18.8. The molecule has 2 N–H and O–H groups in total. The average Bonchev–Trinajstić information content (AvgIpc) is 2.52. The molecule has 1 aliphatic rings. The summed E-state index contributed by atoms with van der Waals surface area (Å²) in [6.07, 6.45) is 0. The first-order valence-electron chi connectivity index (χ1n) is 7.98. The van der Waals surface area contributed by atoms with Gasteiger partial charge in [0, 0.05) is 19.6 Å². The van der Waals surface area contributed by atoms with Gasteiger partial charge in [-0.2, -0.15) is 4.31 Å². The van der Waals surface area contributed by atoms with Crippen molar-refractivity contribution < 1.29 is 23.2 Å². The van der Waals surface area contributed by atoms with Crippen molar-refractivity contribution >= 4 is 15.9 Å². The van der Waals surface area contributed by atoms with E-state index in [1.54, 1.807) is 24.7 Å². The van der Waals surface area contributed by atoms with Crippen LogP contribution in [-0.4, -0.2) is 67.1 Å². The third kappa shape index (κ3) is 4.69. The molecule has 1 atom stereocenters. The van der Waals surface area contributed by atoms with Crippen molar-refractivity contribution in [2.24, 2.45) is 0 Å². The van der Waals surface area contributed by atoms with Crippen LogP contribution in [0.25, 0.3) is 0 Å². The van der Waals surface area contributed by atoms with E-state index in [0.29, 0.717) is 12.3 Å². The molecule has 2 rings (SSSR count). The summed E-state index contributed by atoms with van der Waals surface area (Å²) < 4.78 is 32.7. The molecule has 0 aliphatic carbocycles. The Morgan fingerprint density at radius 3 is 2.36 bits per heavy atom. The van der Waals surface area contributed by atoms with Gasteiger partial charge in [-0.1, -0.05) is 0 Å². The number of piperazine rings is 1. The number of rotatable bonds is 4. The Kier molecular flexibility index (Phi) is 5.72. The SMILES string of the molecule is CN1CCN(S(=O)(=O)c2ccc(OC(C)(C)C)cc2)C(C(=O)NO)C1. The molecule has 8 nitrogen and oxygen atoms in total. The van der Waals surface area contributed by atoms with Crippen LogP contribution in [-0.2, 0) is 14.8 Å². The van der Waals surface area contributed by atoms with Gasteiger partial charge in [-0.05, 0) is 52.1 Å². The molecule has 1 heterocycles. The second kappa shape index (κ2) is 7.28. The van der Waals surface area contributed by atoms with Crippen LogP contribution >= 0.6 is 0 Å². The number of carbonyl (C=O) groups excluding carboxylic acids is 1. The van der Waals surface area contributed by atoms with Crippen molar-refractivity contribution in [2.75, 3.05) is 26.7 Å². The third-order valence-corrected chi connectivity index (χ3v) is 5.72. The molecule has 1 unspecified atom stereocenters. The lowest BCUT2D eigenvalue weighted by molar-refractivity contribution is -0.134. The van der Waals surface area contributed by atoms with E-state index in [4.69, 9.17) is 9.94 Å². The van der Waals surface area contributed by atoms with Crippen LogP contribution < -0.4 is 10.2 Å². The molecule has 25 heavy (non-hydrogen) atoms. The first kappa shape index (κ1) is 19.6. The minimum absolute atomic E-state index is 0.0778. The molecular weight excluding hydrogens is 346 g/mol. The minimum atomic E-state index is -3.87. The highest BCUT2D eigenvalue weighted by atomic mass is 32.2. The molecule has 9 heteroatoms. The largest absolute Gasteiger partial charge is 0.488 e. The first-order valence-corrected chi connectivity index (χ1v) is 9.42. The molecular formula is C16H25N3O5S. The number of nitrogens with one attached hydrogen (secondary N) is 1. The molecule has 1 aromatic rings. The molecule has 0 radical (unpaired) electrons. The summed E-state index contributed by atoms with van der Waals surface area (Å²) in [5.74, 6) is -0.183. The van der Waals surface area contributed by atoms with E-state index in [1.165, 1.54) is 12.1 Å². The van der Waals surface area contributed by atoms with Crippen LogP contribution in [0.2, 0.25) is 0 Å². The van der Waals surface area contributed by atoms with Crippen molar-refractivity contribution in [1.82, 2.24) is 14.7 Å². The minimum Gasteiger partial charge on any atom is -0.488 e. The van der Waals surface area contributed by atoms with Crippen LogP contribution in [0.5, 0.6) is 5.75 Å². The highest BCUT2D eigenvalue weighted by Gasteiger charge is 2.39. The zero-order valence-electron chi connectivity index (χ0n) is 14.9. The van der Waals surface area contributed by atoms with E-state index in [0.717, 1.165) is 4.31 Å². The Morgan fingerprint density at radius 1 is 1.24 bits per heavy atom. The number of hydroxylamine groups is 1. The molecule has 140 valence electrons. The number of sulfonamides is 1. The van der Waals surface area contributed by atoms with Gasteiger partial charge in [0.25, 0.3) is 5.91 Å². The maximum atomic E-state index is 12.9. The maximum absolute atomic E-state index is 12.9. The fraction of sp³-hybridized carbons (Fsp3) is 0.562. The van der Waals surface area contributed by atoms with Gasteiger partial charge in [0.05, 0.1) is 4.90 Å². The highest BCUT2D eigenvalue weighted by Crippen LogP contribution is 2.25. The van der Waals surface area contributed by atoms with E-state index >= 15 is 0 Å².